The molecule has 9 N–H and O–H groups in total. The van der Waals surface area contributed by atoms with Crippen LogP contribution in [0.1, 0.15) is 107 Å². The standard InChI is InChI=1S/C47H76O17/c1-21(2)15-23-16-45(8,56)38-24-9-10-28-43(6)13-12-29(42(4,5)27(43)11-14-44(28,7)46(24)19-47(38,64-23)58-20-46)61-41-37(63-39-34(54)32(52)30(50)22(3)59-39)36(25(49)18-57-41)62-40-35(55)33(53)31(51)26(17-48)60-40/h15,22-41,48-56H,9-14,16-20H2,1-8H3/t22-,23?,24?,25-,26-,27?,28?,29?,30+,31-,32-,33-,34-,35-,36-,37-,38?,39+,40+,41+,43?,44?,45?,46?,47?/m1/s1. The second kappa shape index (κ2) is 16.6. The van der Waals surface area contributed by atoms with E-state index in [1.165, 1.54) is 6.92 Å². The summed E-state index contributed by atoms with van der Waals surface area (Å²) in [5, 5.41) is 97.7. The lowest BCUT2D eigenvalue weighted by Gasteiger charge is -2.70. The predicted octanol–water partition coefficient (Wildman–Crippen LogP) is 0.994. The van der Waals surface area contributed by atoms with Gasteiger partial charge in [0.1, 0.15) is 61.0 Å². The molecule has 9 fully saturated rings. The minimum atomic E-state index is -1.79. The van der Waals surface area contributed by atoms with Crippen LogP contribution in [0.25, 0.3) is 0 Å². The fourth-order valence-corrected chi connectivity index (χ4v) is 15.8. The molecular weight excluding hydrogens is 836 g/mol. The maximum absolute atomic E-state index is 12.2. The lowest BCUT2D eigenvalue weighted by molar-refractivity contribution is -0.388. The highest BCUT2D eigenvalue weighted by molar-refractivity contribution is 5.26. The second-order valence-corrected chi connectivity index (χ2v) is 23.0. The first-order valence-corrected chi connectivity index (χ1v) is 23.9. The number of ether oxygens (including phenoxy) is 8. The van der Waals surface area contributed by atoms with Crippen LogP contribution in [-0.4, -0.2) is 175 Å². The van der Waals surface area contributed by atoms with Gasteiger partial charge in [-0.15, -0.1) is 0 Å². The van der Waals surface area contributed by atoms with Crippen molar-refractivity contribution >= 4 is 0 Å². The van der Waals surface area contributed by atoms with E-state index in [9.17, 15) is 46.0 Å². The smallest absolute Gasteiger partial charge is 0.187 e. The Balaban J connectivity index is 0.974. The minimum absolute atomic E-state index is 0.0656. The summed E-state index contributed by atoms with van der Waals surface area (Å²) in [6.07, 6.45) is -12.6. The molecule has 2 spiro atoms. The van der Waals surface area contributed by atoms with E-state index in [0.29, 0.717) is 25.4 Å². The van der Waals surface area contributed by atoms with Crippen LogP contribution in [0, 0.1) is 45.3 Å². The van der Waals surface area contributed by atoms with Gasteiger partial charge in [-0.25, -0.2) is 0 Å². The van der Waals surface area contributed by atoms with Crippen molar-refractivity contribution in [2.75, 3.05) is 19.8 Å². The van der Waals surface area contributed by atoms with Crippen LogP contribution in [0.4, 0.5) is 0 Å². The fraction of sp³-hybridized carbons (Fsp3) is 0.957. The molecule has 9 rings (SSSR count). The van der Waals surface area contributed by atoms with E-state index in [-0.39, 0.29) is 46.7 Å². The first-order chi connectivity index (χ1) is 29.9. The molecule has 25 atom stereocenters. The van der Waals surface area contributed by atoms with Crippen molar-refractivity contribution in [3.63, 3.8) is 0 Å². The third kappa shape index (κ3) is 7.19. The largest absolute Gasteiger partial charge is 0.394 e. The third-order valence-corrected chi connectivity index (χ3v) is 18.7. The zero-order chi connectivity index (χ0) is 46.3. The number of hydrogen-bond acceptors (Lipinski definition) is 17. The van der Waals surface area contributed by atoms with Crippen molar-refractivity contribution in [1.82, 2.24) is 0 Å². The number of rotatable bonds is 8. The van der Waals surface area contributed by atoms with Gasteiger partial charge in [0.05, 0.1) is 43.7 Å². The fourth-order valence-electron chi connectivity index (χ4n) is 15.8. The average Bonchev–Trinajstić information content (AvgIpc) is 3.74. The van der Waals surface area contributed by atoms with Gasteiger partial charge in [0.15, 0.2) is 24.7 Å². The van der Waals surface area contributed by atoms with Crippen molar-refractivity contribution in [2.45, 2.75) is 216 Å². The lowest BCUT2D eigenvalue weighted by atomic mass is 9.35. The highest BCUT2D eigenvalue weighted by Gasteiger charge is 2.81. The Bertz CT molecular complexity index is 1740. The summed E-state index contributed by atoms with van der Waals surface area (Å²) in [7, 11) is 0. The molecule has 9 aliphatic rings. The highest BCUT2D eigenvalue weighted by atomic mass is 16.8. The second-order valence-electron chi connectivity index (χ2n) is 23.0. The van der Waals surface area contributed by atoms with Gasteiger partial charge in [0, 0.05) is 24.2 Å². The summed E-state index contributed by atoms with van der Waals surface area (Å²) in [5.74, 6) is -0.0364. The van der Waals surface area contributed by atoms with Gasteiger partial charge in [-0.2, -0.15) is 0 Å². The SMILES string of the molecule is CC(C)=CC1CC(C)(O)C2C3CCC4C5(C)CCC(O[C@@H]6OC[C@@H](O)[C@@H](O[C@@H]7O[C@H](CO)[C@@H](O)[C@@H](O)[C@H]7O)[C@H]6O[C@@H]6O[C@H](C)[C@H](O)[C@@H](O)[C@H]6O)C(C)(C)C5CCC4(C)C34COC2(C4)O1. The Morgan fingerprint density at radius 3 is 2.09 bits per heavy atom. The number of hydrogen-bond donors (Lipinski definition) is 9. The van der Waals surface area contributed by atoms with Crippen molar-refractivity contribution < 1.29 is 83.9 Å². The van der Waals surface area contributed by atoms with Crippen LogP contribution in [0.15, 0.2) is 11.6 Å². The van der Waals surface area contributed by atoms with Crippen molar-refractivity contribution in [2.24, 2.45) is 45.3 Å². The Hall–Kier alpha value is -0.940. The van der Waals surface area contributed by atoms with E-state index in [2.05, 4.69) is 47.6 Å². The van der Waals surface area contributed by atoms with E-state index >= 15 is 0 Å². The van der Waals surface area contributed by atoms with Gasteiger partial charge in [-0.3, -0.25) is 0 Å². The van der Waals surface area contributed by atoms with Crippen LogP contribution in [0.3, 0.4) is 0 Å². The summed E-state index contributed by atoms with van der Waals surface area (Å²) in [4.78, 5) is 0. The summed E-state index contributed by atoms with van der Waals surface area (Å²) in [6.45, 7) is 16.7. The topological polar surface area (TPSA) is 256 Å². The molecule has 5 heterocycles. The molecule has 0 amide bonds. The lowest BCUT2D eigenvalue weighted by Crippen LogP contribution is -2.68. The highest BCUT2D eigenvalue weighted by Crippen LogP contribution is 2.80. The van der Waals surface area contributed by atoms with Gasteiger partial charge >= 0.3 is 0 Å². The summed E-state index contributed by atoms with van der Waals surface area (Å²) >= 11 is 0. The molecule has 0 aromatic carbocycles. The number of aliphatic hydroxyl groups excluding tert-OH is 8. The molecule has 17 nitrogen and oxygen atoms in total. The predicted molar refractivity (Wildman–Crippen MR) is 223 cm³/mol. The van der Waals surface area contributed by atoms with Crippen molar-refractivity contribution in [3.8, 4) is 0 Å². The number of allylic oxidation sites excluding steroid dienone is 1. The molecule has 366 valence electrons. The minimum Gasteiger partial charge on any atom is -0.394 e. The van der Waals surface area contributed by atoms with Gasteiger partial charge in [-0.05, 0) is 100 Å². The summed E-state index contributed by atoms with van der Waals surface area (Å²) < 4.78 is 51.0. The van der Waals surface area contributed by atoms with E-state index in [4.69, 9.17) is 37.9 Å². The Kier molecular flexibility index (Phi) is 12.5. The molecule has 4 saturated carbocycles. The van der Waals surface area contributed by atoms with Crippen molar-refractivity contribution in [1.29, 1.82) is 0 Å². The van der Waals surface area contributed by atoms with Crippen LogP contribution < -0.4 is 0 Å². The molecule has 11 unspecified atom stereocenters. The first kappa shape index (κ1) is 48.1. The number of fused-ring (bicyclic) bond motifs is 4. The van der Waals surface area contributed by atoms with Crippen LogP contribution >= 0.6 is 0 Å². The summed E-state index contributed by atoms with van der Waals surface area (Å²) in [5.41, 5.74) is -0.471. The molecule has 5 aliphatic heterocycles. The van der Waals surface area contributed by atoms with Crippen LogP contribution in [0.5, 0.6) is 0 Å². The molecule has 0 radical (unpaired) electrons. The zero-order valence-electron chi connectivity index (χ0n) is 38.7. The van der Waals surface area contributed by atoms with E-state index in [1.807, 2.05) is 6.92 Å². The molecule has 0 aromatic heterocycles. The molecular formula is C47H76O17. The van der Waals surface area contributed by atoms with Gasteiger partial charge in [0.2, 0.25) is 0 Å². The van der Waals surface area contributed by atoms with Crippen molar-refractivity contribution in [3.05, 3.63) is 11.6 Å². The molecule has 2 bridgehead atoms. The Labute approximate surface area is 376 Å². The number of aliphatic hydroxyl groups is 9. The van der Waals surface area contributed by atoms with Gasteiger partial charge in [-0.1, -0.05) is 39.3 Å². The van der Waals surface area contributed by atoms with E-state index in [0.717, 1.165) is 44.1 Å². The molecule has 5 saturated heterocycles. The molecule has 17 heteroatoms. The van der Waals surface area contributed by atoms with Crippen LogP contribution in [-0.2, 0) is 37.9 Å². The maximum atomic E-state index is 12.2. The molecule has 4 aliphatic carbocycles. The maximum Gasteiger partial charge on any atom is 0.187 e. The first-order valence-electron chi connectivity index (χ1n) is 23.9. The molecule has 0 aromatic rings. The third-order valence-electron chi connectivity index (χ3n) is 18.7. The zero-order valence-corrected chi connectivity index (χ0v) is 38.7. The Morgan fingerprint density at radius 2 is 1.41 bits per heavy atom. The molecule has 64 heavy (non-hydrogen) atoms. The Morgan fingerprint density at radius 1 is 0.734 bits per heavy atom. The quantitative estimate of drug-likeness (QED) is 0.122. The van der Waals surface area contributed by atoms with Gasteiger partial charge in [0.25, 0.3) is 0 Å². The van der Waals surface area contributed by atoms with E-state index in [1.54, 1.807) is 0 Å². The van der Waals surface area contributed by atoms with Crippen LogP contribution in [0.2, 0.25) is 0 Å². The normalized spacial score (nSPS) is 57.8. The summed E-state index contributed by atoms with van der Waals surface area (Å²) in [6, 6.07) is 0. The van der Waals surface area contributed by atoms with Gasteiger partial charge < -0.3 is 83.9 Å². The average molecular weight is 913 g/mol. The van der Waals surface area contributed by atoms with E-state index < -0.39 is 116 Å². The monoisotopic (exact) mass is 913 g/mol.